The number of rotatable bonds is 24. The monoisotopic (exact) mass is 685 g/mol. The summed E-state index contributed by atoms with van der Waals surface area (Å²) in [6, 6.07) is 0. The van der Waals surface area contributed by atoms with Crippen molar-refractivity contribution < 1.29 is 0 Å². The van der Waals surface area contributed by atoms with E-state index in [0.717, 1.165) is 25.9 Å². The van der Waals surface area contributed by atoms with Crippen molar-refractivity contribution in [3.63, 3.8) is 0 Å². The van der Waals surface area contributed by atoms with Crippen molar-refractivity contribution in [2.45, 2.75) is 178 Å². The van der Waals surface area contributed by atoms with E-state index in [4.69, 9.17) is 0 Å². The Morgan fingerprint density at radius 2 is 0.740 bits per heavy atom. The molecular formula is C48H80N2. The first-order chi connectivity index (χ1) is 23.9. The lowest BCUT2D eigenvalue weighted by molar-refractivity contribution is 0.132. The van der Waals surface area contributed by atoms with Crippen molar-refractivity contribution >= 4 is 0 Å². The molecule has 2 nitrogen and oxygen atoms in total. The predicted octanol–water partition coefficient (Wildman–Crippen LogP) is 14.2. The zero-order valence-corrected chi connectivity index (χ0v) is 34.9. The van der Waals surface area contributed by atoms with Gasteiger partial charge in [0, 0.05) is 25.2 Å². The fraction of sp³-hybridized carbons (Fsp3) is 0.667. The molecule has 0 aromatic heterocycles. The number of nitrogens with zero attached hydrogens (tertiary/aromatic N) is 2. The first-order valence-electron chi connectivity index (χ1n) is 20.6. The average molecular weight is 685 g/mol. The fourth-order valence-corrected chi connectivity index (χ4v) is 7.65. The highest BCUT2D eigenvalue weighted by atomic mass is 15.3. The van der Waals surface area contributed by atoms with Crippen molar-refractivity contribution in [2.75, 3.05) is 32.7 Å². The number of hydrogen-bond donors (Lipinski definition) is 0. The van der Waals surface area contributed by atoms with E-state index in [0.29, 0.717) is 5.54 Å². The first-order valence-corrected chi connectivity index (χ1v) is 20.6. The summed E-state index contributed by atoms with van der Waals surface area (Å²) in [4.78, 5) is 5.59. The minimum Gasteiger partial charge on any atom is -0.296 e. The molecule has 2 heteroatoms. The molecule has 0 saturated carbocycles. The maximum absolute atomic E-state index is 2.83. The van der Waals surface area contributed by atoms with Crippen molar-refractivity contribution in [1.82, 2.24) is 9.80 Å². The lowest BCUT2D eigenvalue weighted by atomic mass is 9.93. The number of allylic oxidation sites excluding steroid dienone is 14. The van der Waals surface area contributed by atoms with Crippen LogP contribution >= 0.6 is 0 Å². The normalized spacial score (nSPS) is 17.9. The van der Waals surface area contributed by atoms with E-state index < -0.39 is 0 Å². The third kappa shape index (κ3) is 19.4. The summed E-state index contributed by atoms with van der Waals surface area (Å²) >= 11 is 0. The molecule has 0 aromatic rings. The number of fused-ring (bicyclic) bond motifs is 1. The van der Waals surface area contributed by atoms with Gasteiger partial charge in [-0.25, -0.2) is 0 Å². The van der Waals surface area contributed by atoms with Crippen LogP contribution in [0.5, 0.6) is 0 Å². The summed E-state index contributed by atoms with van der Waals surface area (Å²) < 4.78 is 0. The minimum atomic E-state index is 0.431. The quantitative estimate of drug-likeness (QED) is 0.0934. The summed E-state index contributed by atoms with van der Waals surface area (Å²) in [6.45, 7) is 28.7. The molecule has 2 saturated heterocycles. The van der Waals surface area contributed by atoms with Crippen LogP contribution in [-0.2, 0) is 0 Å². The van der Waals surface area contributed by atoms with E-state index in [-0.39, 0.29) is 0 Å². The van der Waals surface area contributed by atoms with Gasteiger partial charge < -0.3 is 0 Å². The van der Waals surface area contributed by atoms with E-state index >= 15 is 0 Å². The van der Waals surface area contributed by atoms with Crippen LogP contribution in [0.3, 0.4) is 0 Å². The Bertz CT molecular complexity index is 1140. The van der Waals surface area contributed by atoms with E-state index in [1.54, 1.807) is 11.1 Å². The molecule has 50 heavy (non-hydrogen) atoms. The lowest BCUT2D eigenvalue weighted by Gasteiger charge is -2.37. The highest BCUT2D eigenvalue weighted by Gasteiger charge is 2.44. The van der Waals surface area contributed by atoms with Gasteiger partial charge in [-0.1, -0.05) is 93.2 Å². The molecule has 2 fully saturated rings. The van der Waals surface area contributed by atoms with E-state index in [9.17, 15) is 0 Å². The van der Waals surface area contributed by atoms with Gasteiger partial charge in [-0.05, 0) is 185 Å². The van der Waals surface area contributed by atoms with Gasteiger partial charge in [-0.3, -0.25) is 9.80 Å². The SMILES string of the molecule is CC(C)=CCC/C(C)=C/CC/C(C)=C/CC/C(C)=C/CN(C/C=C(\C)CC/C=C(\C)CC/C=C(\C)CCC=C(C)C)CC12CCCN1CCC2. The Morgan fingerprint density at radius 3 is 1.06 bits per heavy atom. The van der Waals surface area contributed by atoms with Gasteiger partial charge in [0.05, 0.1) is 0 Å². The molecule has 0 amide bonds. The van der Waals surface area contributed by atoms with E-state index in [1.807, 2.05) is 0 Å². The van der Waals surface area contributed by atoms with Crippen LogP contribution in [-0.4, -0.2) is 48.1 Å². The van der Waals surface area contributed by atoms with E-state index in [1.165, 1.54) is 143 Å². The van der Waals surface area contributed by atoms with Gasteiger partial charge in [0.25, 0.3) is 0 Å². The van der Waals surface area contributed by atoms with Crippen LogP contribution in [0.1, 0.15) is 172 Å². The fourth-order valence-electron chi connectivity index (χ4n) is 7.65. The van der Waals surface area contributed by atoms with Crippen molar-refractivity contribution in [1.29, 1.82) is 0 Å². The second-order valence-corrected chi connectivity index (χ2v) is 16.7. The molecule has 282 valence electrons. The summed E-state index contributed by atoms with van der Waals surface area (Å²) in [7, 11) is 0. The van der Waals surface area contributed by atoms with Gasteiger partial charge >= 0.3 is 0 Å². The Balaban J connectivity index is 1.86. The Morgan fingerprint density at radius 1 is 0.440 bits per heavy atom. The second kappa shape index (κ2) is 24.9. The minimum absolute atomic E-state index is 0.431. The molecule has 0 aromatic carbocycles. The zero-order chi connectivity index (χ0) is 36.8. The highest BCUT2D eigenvalue weighted by Crippen LogP contribution is 2.39. The van der Waals surface area contributed by atoms with Gasteiger partial charge in [-0.15, -0.1) is 0 Å². The molecule has 0 N–H and O–H groups in total. The summed E-state index contributed by atoms with van der Waals surface area (Å²) in [5.41, 5.74) is 12.5. The average Bonchev–Trinajstić information content (AvgIpc) is 3.62. The van der Waals surface area contributed by atoms with Crippen LogP contribution in [0.15, 0.2) is 93.2 Å². The van der Waals surface area contributed by atoms with Gasteiger partial charge in [0.2, 0.25) is 0 Å². The summed E-state index contributed by atoms with van der Waals surface area (Å²) in [6.07, 6.45) is 39.3. The molecule has 0 atom stereocenters. The molecule has 0 bridgehead atoms. The van der Waals surface area contributed by atoms with Crippen LogP contribution < -0.4 is 0 Å². The Labute approximate surface area is 312 Å². The van der Waals surface area contributed by atoms with Gasteiger partial charge in [-0.2, -0.15) is 0 Å². The smallest absolute Gasteiger partial charge is 0.0337 e. The maximum atomic E-state index is 2.83. The molecule has 2 rings (SSSR count). The predicted molar refractivity (Wildman–Crippen MR) is 226 cm³/mol. The molecule has 2 aliphatic rings. The largest absolute Gasteiger partial charge is 0.296 e. The highest BCUT2D eigenvalue weighted by molar-refractivity contribution is 5.11. The third-order valence-electron chi connectivity index (χ3n) is 11.0. The van der Waals surface area contributed by atoms with Crippen molar-refractivity contribution in [3.05, 3.63) is 93.2 Å². The second-order valence-electron chi connectivity index (χ2n) is 16.7. The molecule has 0 aliphatic carbocycles. The molecule has 0 unspecified atom stereocenters. The molecule has 0 spiro atoms. The van der Waals surface area contributed by atoms with Crippen LogP contribution in [0, 0.1) is 0 Å². The van der Waals surface area contributed by atoms with Crippen LogP contribution in [0.4, 0.5) is 0 Å². The van der Waals surface area contributed by atoms with Gasteiger partial charge in [0.1, 0.15) is 0 Å². The Kier molecular flexibility index (Phi) is 21.9. The third-order valence-corrected chi connectivity index (χ3v) is 11.0. The summed E-state index contributed by atoms with van der Waals surface area (Å²) in [5, 5.41) is 0. The summed E-state index contributed by atoms with van der Waals surface area (Å²) in [5.74, 6) is 0. The van der Waals surface area contributed by atoms with Gasteiger partial charge in [0.15, 0.2) is 0 Å². The maximum Gasteiger partial charge on any atom is 0.0337 e. The lowest BCUT2D eigenvalue weighted by Crippen LogP contribution is -2.48. The van der Waals surface area contributed by atoms with Crippen molar-refractivity contribution in [2.24, 2.45) is 0 Å². The molecular weight excluding hydrogens is 605 g/mol. The Hall–Kier alpha value is -2.16. The van der Waals surface area contributed by atoms with Crippen LogP contribution in [0.25, 0.3) is 0 Å². The zero-order valence-electron chi connectivity index (χ0n) is 34.9. The molecule has 0 radical (unpaired) electrons. The number of hydrogen-bond acceptors (Lipinski definition) is 2. The first kappa shape index (κ1) is 44.0. The topological polar surface area (TPSA) is 6.48 Å². The standard InChI is InChI=1S/C48H80N2/c1-40(2)19-11-21-42(5)23-13-25-44(7)27-15-29-46(9)31-37-49(39-48-33-17-35-50(48)36-18-34-48)38-32-47(10)30-16-28-45(8)26-14-24-43(6)22-12-20-41(3)4/h19-20,23-24,27-28,31-32H,11-18,21-22,25-26,29-30,33-39H2,1-10H3/b42-23+,43-24+,44-27+,45-28+,46-31+,47-32+. The van der Waals surface area contributed by atoms with Crippen molar-refractivity contribution in [3.8, 4) is 0 Å². The molecule has 2 aliphatic heterocycles. The van der Waals surface area contributed by atoms with E-state index in [2.05, 4.69) is 128 Å². The molecule has 2 heterocycles. The van der Waals surface area contributed by atoms with Crippen LogP contribution in [0.2, 0.25) is 0 Å².